The molecule has 94 valence electrons. The van der Waals surface area contributed by atoms with Crippen molar-refractivity contribution >= 4 is 5.97 Å². The van der Waals surface area contributed by atoms with E-state index in [2.05, 4.69) is 26.8 Å². The Kier molecular flexibility index (Phi) is 2.10. The lowest BCUT2D eigenvalue weighted by Crippen LogP contribution is -2.42. The fraction of sp³-hybridized carbons (Fsp3) is 0.800. The van der Waals surface area contributed by atoms with Gasteiger partial charge < -0.3 is 5.11 Å². The molecule has 0 aliphatic heterocycles. The maximum absolute atomic E-state index is 11.5. The van der Waals surface area contributed by atoms with E-state index < -0.39 is 5.97 Å². The monoisotopic (exact) mass is 234 g/mol. The molecule has 0 aromatic carbocycles. The molecule has 0 amide bonds. The first-order valence-corrected chi connectivity index (χ1v) is 6.85. The van der Waals surface area contributed by atoms with Crippen LogP contribution in [0.25, 0.3) is 0 Å². The topological polar surface area (TPSA) is 37.3 Å². The molecule has 0 unspecified atom stereocenters. The lowest BCUT2D eigenvalue weighted by atomic mass is 9.57. The molecule has 3 rings (SSSR count). The van der Waals surface area contributed by atoms with Crippen LogP contribution in [0.1, 0.15) is 46.5 Å². The number of hydrogen-bond donors (Lipinski definition) is 1. The molecule has 0 aromatic rings. The highest BCUT2D eigenvalue weighted by atomic mass is 16.4. The van der Waals surface area contributed by atoms with Gasteiger partial charge in [0.05, 0.1) is 0 Å². The van der Waals surface area contributed by atoms with Crippen molar-refractivity contribution in [3.05, 3.63) is 11.6 Å². The summed E-state index contributed by atoms with van der Waals surface area (Å²) in [4.78, 5) is 11.5. The third kappa shape index (κ3) is 1.24. The van der Waals surface area contributed by atoms with Gasteiger partial charge in [-0.25, -0.2) is 4.79 Å². The van der Waals surface area contributed by atoms with Gasteiger partial charge in [-0.3, -0.25) is 0 Å². The molecule has 0 saturated heterocycles. The smallest absolute Gasteiger partial charge is 0.331 e. The van der Waals surface area contributed by atoms with Crippen LogP contribution in [0.15, 0.2) is 11.6 Å². The van der Waals surface area contributed by atoms with Crippen molar-refractivity contribution in [3.8, 4) is 0 Å². The molecule has 5 atom stereocenters. The van der Waals surface area contributed by atoms with Gasteiger partial charge in [-0.1, -0.05) is 26.8 Å². The number of aliphatic carboxylic acids is 1. The summed E-state index contributed by atoms with van der Waals surface area (Å²) in [5.41, 5.74) is 0.803. The van der Waals surface area contributed by atoms with Crippen LogP contribution in [0.2, 0.25) is 0 Å². The van der Waals surface area contributed by atoms with Crippen molar-refractivity contribution in [2.24, 2.45) is 28.6 Å². The molecule has 2 saturated carbocycles. The minimum atomic E-state index is -0.684. The third-order valence-electron chi connectivity index (χ3n) is 6.01. The summed E-state index contributed by atoms with van der Waals surface area (Å²) in [6.07, 6.45) is 6.83. The van der Waals surface area contributed by atoms with Gasteiger partial charge in [0, 0.05) is 11.0 Å². The van der Waals surface area contributed by atoms with E-state index in [4.69, 9.17) is 0 Å². The van der Waals surface area contributed by atoms with Crippen LogP contribution in [-0.4, -0.2) is 11.1 Å². The van der Waals surface area contributed by atoms with Crippen LogP contribution in [0.5, 0.6) is 0 Å². The molecule has 1 N–H and O–H groups in total. The number of carbonyl (C=O) groups is 1. The summed E-state index contributed by atoms with van der Waals surface area (Å²) in [6.45, 7) is 6.84. The summed E-state index contributed by atoms with van der Waals surface area (Å²) < 4.78 is 0. The standard InChI is InChI=1S/C15H22O2/c1-9-4-7-15(3)11(13(16)17)8-14(2)6-5-10(9)12(14)15/h8-10,12H,4-7H2,1-3H3,(H,16,17)/t9-,10-,12-,14+,15+/m0/s1. The average Bonchev–Trinajstić information content (AvgIpc) is 2.70. The molecule has 2 fully saturated rings. The molecule has 0 spiro atoms. The third-order valence-corrected chi connectivity index (χ3v) is 6.01. The van der Waals surface area contributed by atoms with Crippen LogP contribution in [0.3, 0.4) is 0 Å². The molecule has 0 aromatic heterocycles. The Morgan fingerprint density at radius 1 is 1.35 bits per heavy atom. The second-order valence-electron chi connectivity index (χ2n) is 6.98. The van der Waals surface area contributed by atoms with Crippen LogP contribution < -0.4 is 0 Å². The summed E-state index contributed by atoms with van der Waals surface area (Å²) in [5, 5.41) is 9.46. The van der Waals surface area contributed by atoms with E-state index in [0.29, 0.717) is 11.5 Å². The van der Waals surface area contributed by atoms with E-state index in [1.54, 1.807) is 0 Å². The highest BCUT2D eigenvalue weighted by Crippen LogP contribution is 2.68. The first kappa shape index (κ1) is 11.3. The van der Waals surface area contributed by atoms with E-state index in [-0.39, 0.29) is 10.8 Å². The zero-order valence-corrected chi connectivity index (χ0v) is 11.0. The fourth-order valence-electron chi connectivity index (χ4n) is 5.26. The number of carboxylic acids is 1. The zero-order chi connectivity index (χ0) is 12.4. The maximum atomic E-state index is 11.5. The molecule has 17 heavy (non-hydrogen) atoms. The van der Waals surface area contributed by atoms with Crippen LogP contribution >= 0.6 is 0 Å². The van der Waals surface area contributed by atoms with Gasteiger partial charge in [0.25, 0.3) is 0 Å². The van der Waals surface area contributed by atoms with Gasteiger partial charge in [0.15, 0.2) is 0 Å². The molecule has 3 aliphatic rings. The molecular weight excluding hydrogens is 212 g/mol. The molecular formula is C15H22O2. The largest absolute Gasteiger partial charge is 0.478 e. The predicted octanol–water partition coefficient (Wildman–Crippen LogP) is 3.48. The first-order valence-electron chi connectivity index (χ1n) is 6.85. The van der Waals surface area contributed by atoms with Gasteiger partial charge >= 0.3 is 5.97 Å². The van der Waals surface area contributed by atoms with Crippen molar-refractivity contribution < 1.29 is 9.90 Å². The van der Waals surface area contributed by atoms with Gasteiger partial charge in [0.1, 0.15) is 0 Å². The number of hydrogen-bond acceptors (Lipinski definition) is 1. The molecule has 0 heterocycles. The molecule has 0 bridgehead atoms. The average molecular weight is 234 g/mol. The summed E-state index contributed by atoms with van der Waals surface area (Å²) in [5.74, 6) is 1.41. The van der Waals surface area contributed by atoms with Crippen molar-refractivity contribution in [3.63, 3.8) is 0 Å². The van der Waals surface area contributed by atoms with Crippen LogP contribution in [-0.2, 0) is 4.79 Å². The maximum Gasteiger partial charge on any atom is 0.331 e. The van der Waals surface area contributed by atoms with Gasteiger partial charge in [-0.05, 0) is 48.9 Å². The van der Waals surface area contributed by atoms with E-state index in [1.165, 1.54) is 19.3 Å². The molecule has 0 radical (unpaired) electrons. The Labute approximate surface area is 103 Å². The Morgan fingerprint density at radius 2 is 2.06 bits per heavy atom. The zero-order valence-electron chi connectivity index (χ0n) is 11.0. The van der Waals surface area contributed by atoms with Crippen molar-refractivity contribution in [2.75, 3.05) is 0 Å². The van der Waals surface area contributed by atoms with Gasteiger partial charge in [-0.2, -0.15) is 0 Å². The van der Waals surface area contributed by atoms with E-state index in [0.717, 1.165) is 18.3 Å². The first-order chi connectivity index (χ1) is 7.88. The summed E-state index contributed by atoms with van der Waals surface area (Å²) in [7, 11) is 0. The van der Waals surface area contributed by atoms with Gasteiger partial charge in [-0.15, -0.1) is 0 Å². The van der Waals surface area contributed by atoms with Crippen molar-refractivity contribution in [1.29, 1.82) is 0 Å². The SMILES string of the molecule is C[C@H]1CC[C@]2(C)C(C(=O)O)=C[C@@]3(C)CC[C@@H]1[C@@H]32. The van der Waals surface area contributed by atoms with Crippen molar-refractivity contribution in [1.82, 2.24) is 0 Å². The minimum Gasteiger partial charge on any atom is -0.478 e. The predicted molar refractivity (Wildman–Crippen MR) is 66.5 cm³/mol. The highest BCUT2D eigenvalue weighted by Gasteiger charge is 2.62. The molecule has 2 heteroatoms. The molecule has 3 aliphatic carbocycles. The van der Waals surface area contributed by atoms with E-state index in [9.17, 15) is 9.90 Å². The summed E-state index contributed by atoms with van der Waals surface area (Å²) in [6, 6.07) is 0. The summed E-state index contributed by atoms with van der Waals surface area (Å²) >= 11 is 0. The Hall–Kier alpha value is -0.790. The normalized spacial score (nSPS) is 52.2. The minimum absolute atomic E-state index is 0.0613. The van der Waals surface area contributed by atoms with Gasteiger partial charge in [0.2, 0.25) is 0 Å². The van der Waals surface area contributed by atoms with E-state index in [1.807, 2.05) is 0 Å². The number of rotatable bonds is 1. The second kappa shape index (κ2) is 3.15. The Balaban J connectivity index is 2.10. The quantitative estimate of drug-likeness (QED) is 0.754. The number of allylic oxidation sites excluding steroid dienone is 1. The Morgan fingerprint density at radius 3 is 2.71 bits per heavy atom. The number of carboxylic acid groups (broad SMARTS) is 1. The fourth-order valence-corrected chi connectivity index (χ4v) is 5.26. The lowest BCUT2D eigenvalue weighted by Gasteiger charge is -2.46. The van der Waals surface area contributed by atoms with Crippen LogP contribution in [0.4, 0.5) is 0 Å². The lowest BCUT2D eigenvalue weighted by molar-refractivity contribution is -0.134. The molecule has 2 nitrogen and oxygen atoms in total. The highest BCUT2D eigenvalue weighted by molar-refractivity contribution is 5.89. The van der Waals surface area contributed by atoms with E-state index >= 15 is 0 Å². The Bertz CT molecular complexity index is 411. The second-order valence-corrected chi connectivity index (χ2v) is 6.98. The van der Waals surface area contributed by atoms with Crippen LogP contribution in [0, 0.1) is 28.6 Å². The van der Waals surface area contributed by atoms with Crippen molar-refractivity contribution in [2.45, 2.75) is 46.5 Å².